The highest BCUT2D eigenvalue weighted by Gasteiger charge is 2.11. The van der Waals surface area contributed by atoms with Crippen molar-refractivity contribution in [3.05, 3.63) is 160 Å². The molecule has 0 radical (unpaired) electrons. The lowest BCUT2D eigenvalue weighted by Gasteiger charge is -2.09. The molecule has 5 aromatic heterocycles. The fourth-order valence-corrected chi connectivity index (χ4v) is 4.46. The molecule has 9 nitrogen and oxygen atoms in total. The van der Waals surface area contributed by atoms with Crippen LogP contribution in [-0.2, 0) is 0 Å². The fourth-order valence-electron chi connectivity index (χ4n) is 4.46. The Balaban J connectivity index is 1.16. The molecular weight excluding hydrogens is 570 g/mol. The number of pyridine rings is 5. The molecular formula is C37H25N9. The highest BCUT2D eigenvalue weighted by Crippen LogP contribution is 2.28. The fraction of sp³-hybridized carbons (Fsp3) is 0.0541. The SMILES string of the molecule is [N-]=[N+]=NCC(N)c1ccc(C#Cc2ccc(C#Cc3ccc(-c4cc(-c5ccccn5)nc(-c5ccccn5)c4)cn3)cc2)nc1. The zero-order valence-corrected chi connectivity index (χ0v) is 24.5. The van der Waals surface area contributed by atoms with Crippen molar-refractivity contribution < 1.29 is 0 Å². The quantitative estimate of drug-likeness (QED) is 0.0975. The summed E-state index contributed by atoms with van der Waals surface area (Å²) in [5.41, 5.74) is 23.2. The summed E-state index contributed by atoms with van der Waals surface area (Å²) < 4.78 is 0. The van der Waals surface area contributed by atoms with Crippen LogP contribution in [0.4, 0.5) is 0 Å². The first kappa shape index (κ1) is 29.4. The van der Waals surface area contributed by atoms with Crippen molar-refractivity contribution in [2.24, 2.45) is 10.8 Å². The molecule has 6 aromatic rings. The molecule has 218 valence electrons. The summed E-state index contributed by atoms with van der Waals surface area (Å²) >= 11 is 0. The Morgan fingerprint density at radius 1 is 0.630 bits per heavy atom. The largest absolute Gasteiger partial charge is 0.324 e. The zero-order valence-electron chi connectivity index (χ0n) is 24.5. The molecule has 6 rings (SSSR count). The van der Waals surface area contributed by atoms with Gasteiger partial charge in [0.05, 0.1) is 22.8 Å². The normalized spacial score (nSPS) is 10.8. The van der Waals surface area contributed by atoms with Crippen LogP contribution in [0.3, 0.4) is 0 Å². The number of azide groups is 1. The lowest BCUT2D eigenvalue weighted by Crippen LogP contribution is -2.13. The van der Waals surface area contributed by atoms with E-state index in [2.05, 4.69) is 53.6 Å². The van der Waals surface area contributed by atoms with Crippen molar-refractivity contribution in [2.75, 3.05) is 6.54 Å². The van der Waals surface area contributed by atoms with E-state index in [9.17, 15) is 0 Å². The number of nitrogens with two attached hydrogens (primary N) is 1. The number of benzene rings is 1. The zero-order chi connectivity index (χ0) is 31.6. The third-order valence-corrected chi connectivity index (χ3v) is 6.89. The molecule has 46 heavy (non-hydrogen) atoms. The van der Waals surface area contributed by atoms with E-state index >= 15 is 0 Å². The van der Waals surface area contributed by atoms with E-state index in [1.807, 2.05) is 97.2 Å². The maximum Gasteiger partial charge on any atom is 0.113 e. The molecule has 0 saturated carbocycles. The Morgan fingerprint density at radius 2 is 1.22 bits per heavy atom. The molecule has 2 N–H and O–H groups in total. The molecule has 0 amide bonds. The lowest BCUT2D eigenvalue weighted by atomic mass is 10.0. The van der Waals surface area contributed by atoms with E-state index in [1.54, 1.807) is 24.7 Å². The molecule has 0 fully saturated rings. The molecule has 0 spiro atoms. The molecule has 0 aliphatic rings. The molecule has 9 heteroatoms. The van der Waals surface area contributed by atoms with Gasteiger partial charge in [-0.1, -0.05) is 41.2 Å². The van der Waals surface area contributed by atoms with Gasteiger partial charge in [-0.2, -0.15) is 0 Å². The van der Waals surface area contributed by atoms with Gasteiger partial charge in [0.1, 0.15) is 11.4 Å². The van der Waals surface area contributed by atoms with Crippen LogP contribution < -0.4 is 5.73 Å². The van der Waals surface area contributed by atoms with Gasteiger partial charge < -0.3 is 5.73 Å². The van der Waals surface area contributed by atoms with Crippen molar-refractivity contribution >= 4 is 0 Å². The van der Waals surface area contributed by atoms with E-state index in [1.165, 1.54) is 0 Å². The van der Waals surface area contributed by atoms with E-state index in [0.717, 1.165) is 50.6 Å². The summed E-state index contributed by atoms with van der Waals surface area (Å²) in [4.78, 5) is 25.5. The number of aromatic nitrogens is 5. The van der Waals surface area contributed by atoms with Crippen molar-refractivity contribution in [3.8, 4) is 57.6 Å². The first-order chi connectivity index (χ1) is 22.6. The monoisotopic (exact) mass is 595 g/mol. The number of nitrogens with zero attached hydrogens (tertiary/aromatic N) is 8. The Bertz CT molecular complexity index is 2060. The Kier molecular flexibility index (Phi) is 9.10. The van der Waals surface area contributed by atoms with E-state index in [4.69, 9.17) is 16.2 Å². The van der Waals surface area contributed by atoms with Crippen LogP contribution in [-0.4, -0.2) is 31.5 Å². The Labute approximate surface area is 265 Å². The first-order valence-electron chi connectivity index (χ1n) is 14.3. The average Bonchev–Trinajstić information content (AvgIpc) is 3.13. The standard InChI is InChI=1S/C37H25N9/c38-33(25-44-46-39)29-14-18-32(43-24-29)16-12-27-9-7-26(8-10-27)11-15-31-17-13-28(23-42-31)30-21-36(34-5-1-3-19-40-34)45-37(22-30)35-6-2-4-20-41-35/h1-10,13-14,17-24,33H,25,38H2. The van der Waals surface area contributed by atoms with Gasteiger partial charge in [0, 0.05) is 59.0 Å². The van der Waals surface area contributed by atoms with Crippen molar-refractivity contribution in [2.45, 2.75) is 6.04 Å². The van der Waals surface area contributed by atoms with Gasteiger partial charge in [-0.25, -0.2) is 15.0 Å². The number of hydrogen-bond acceptors (Lipinski definition) is 7. The van der Waals surface area contributed by atoms with E-state index in [-0.39, 0.29) is 6.54 Å². The highest BCUT2D eigenvalue weighted by molar-refractivity contribution is 5.74. The van der Waals surface area contributed by atoms with Crippen LogP contribution >= 0.6 is 0 Å². The van der Waals surface area contributed by atoms with Gasteiger partial charge in [0.25, 0.3) is 0 Å². The summed E-state index contributed by atoms with van der Waals surface area (Å²) in [7, 11) is 0. The summed E-state index contributed by atoms with van der Waals surface area (Å²) in [6.07, 6.45) is 6.98. The topological polar surface area (TPSA) is 139 Å². The minimum Gasteiger partial charge on any atom is -0.324 e. The molecule has 1 atom stereocenters. The van der Waals surface area contributed by atoms with Gasteiger partial charge in [-0.15, -0.1) is 0 Å². The van der Waals surface area contributed by atoms with Crippen molar-refractivity contribution in [1.82, 2.24) is 24.9 Å². The second-order valence-corrected chi connectivity index (χ2v) is 10.1. The molecule has 0 saturated heterocycles. The van der Waals surface area contributed by atoms with Crippen LogP contribution in [0.2, 0.25) is 0 Å². The number of rotatable bonds is 6. The molecule has 5 heterocycles. The summed E-state index contributed by atoms with van der Waals surface area (Å²) in [6, 6.07) is 30.4. The summed E-state index contributed by atoms with van der Waals surface area (Å²) in [5.74, 6) is 12.5. The maximum atomic E-state index is 8.45. The van der Waals surface area contributed by atoms with E-state index in [0.29, 0.717) is 11.4 Å². The second-order valence-electron chi connectivity index (χ2n) is 10.1. The minimum absolute atomic E-state index is 0.174. The maximum absolute atomic E-state index is 8.45. The van der Waals surface area contributed by atoms with Crippen molar-refractivity contribution in [3.63, 3.8) is 0 Å². The Morgan fingerprint density at radius 3 is 1.70 bits per heavy atom. The van der Waals surface area contributed by atoms with Crippen LogP contribution in [0, 0.1) is 23.7 Å². The summed E-state index contributed by atoms with van der Waals surface area (Å²) in [5, 5.41) is 3.50. The molecule has 1 unspecified atom stereocenters. The van der Waals surface area contributed by atoms with Gasteiger partial charge in [0.15, 0.2) is 0 Å². The van der Waals surface area contributed by atoms with Gasteiger partial charge >= 0.3 is 0 Å². The lowest BCUT2D eigenvalue weighted by molar-refractivity contribution is 0.729. The van der Waals surface area contributed by atoms with Crippen molar-refractivity contribution in [1.29, 1.82) is 0 Å². The molecule has 1 aromatic carbocycles. The average molecular weight is 596 g/mol. The second kappa shape index (κ2) is 14.2. The molecule has 0 bridgehead atoms. The predicted octanol–water partition coefficient (Wildman–Crippen LogP) is 6.77. The molecule has 0 aliphatic carbocycles. The number of hydrogen-bond donors (Lipinski definition) is 1. The minimum atomic E-state index is -0.398. The van der Waals surface area contributed by atoms with Gasteiger partial charge in [-0.3, -0.25) is 9.97 Å². The Hall–Kier alpha value is -6.64. The summed E-state index contributed by atoms with van der Waals surface area (Å²) in [6.45, 7) is 0.174. The highest BCUT2D eigenvalue weighted by atomic mass is 15.1. The van der Waals surface area contributed by atoms with Crippen LogP contribution in [0.25, 0.3) is 44.3 Å². The van der Waals surface area contributed by atoms with Crippen LogP contribution in [0.1, 0.15) is 34.1 Å². The smallest absolute Gasteiger partial charge is 0.113 e. The first-order valence-corrected chi connectivity index (χ1v) is 14.3. The molecule has 0 aliphatic heterocycles. The van der Waals surface area contributed by atoms with Gasteiger partial charge in [-0.05, 0) is 101 Å². The third kappa shape index (κ3) is 7.46. The van der Waals surface area contributed by atoms with Crippen LogP contribution in [0.5, 0.6) is 0 Å². The van der Waals surface area contributed by atoms with E-state index < -0.39 is 6.04 Å². The third-order valence-electron chi connectivity index (χ3n) is 6.89. The van der Waals surface area contributed by atoms with Gasteiger partial charge in [0.2, 0.25) is 0 Å². The predicted molar refractivity (Wildman–Crippen MR) is 178 cm³/mol. The van der Waals surface area contributed by atoms with Crippen LogP contribution in [0.15, 0.2) is 127 Å².